The normalized spacial score (nSPS) is 18.1. The lowest BCUT2D eigenvalue weighted by Crippen LogP contribution is -2.25. The van der Waals surface area contributed by atoms with Crippen LogP contribution in [0.1, 0.15) is 35.5 Å². The van der Waals surface area contributed by atoms with Gasteiger partial charge in [0, 0.05) is 17.0 Å². The Labute approximate surface area is 169 Å². The Bertz CT molecular complexity index is 1120. The minimum absolute atomic E-state index is 0.00760. The van der Waals surface area contributed by atoms with E-state index in [9.17, 15) is 18.7 Å². The lowest BCUT2D eigenvalue weighted by molar-refractivity contribution is -0.0507. The van der Waals surface area contributed by atoms with Crippen LogP contribution in [0.15, 0.2) is 43.0 Å². The second-order valence-corrected chi connectivity index (χ2v) is 7.00. The molecule has 0 unspecified atom stereocenters. The molecule has 0 spiro atoms. The summed E-state index contributed by atoms with van der Waals surface area (Å²) < 4.78 is 32.7. The van der Waals surface area contributed by atoms with Crippen molar-refractivity contribution < 1.29 is 23.4 Å². The number of hydrogen-bond acceptors (Lipinski definition) is 3. The molecule has 150 valence electrons. The molecule has 4 rings (SSSR count). The summed E-state index contributed by atoms with van der Waals surface area (Å²) in [7, 11) is 0. The number of alkyl halides is 2. The molecule has 3 aromatic rings. The smallest absolute Gasteiger partial charge is 0.405 e. The molecular formula is C20H16ClF2N3O3. The summed E-state index contributed by atoms with van der Waals surface area (Å²) in [6.45, 7) is 0.769. The van der Waals surface area contributed by atoms with Gasteiger partial charge in [0.1, 0.15) is 11.6 Å². The number of benzene rings is 2. The van der Waals surface area contributed by atoms with Crippen molar-refractivity contribution in [3.8, 4) is 5.75 Å². The van der Waals surface area contributed by atoms with Crippen LogP contribution in [0.2, 0.25) is 5.02 Å². The molecule has 0 aliphatic carbocycles. The van der Waals surface area contributed by atoms with E-state index in [1.165, 1.54) is 6.07 Å². The number of fused-ring (bicyclic) bond motifs is 3. The lowest BCUT2D eigenvalue weighted by Gasteiger charge is -2.21. The first-order valence-corrected chi connectivity index (χ1v) is 9.14. The summed E-state index contributed by atoms with van der Waals surface area (Å²) in [5.41, 5.74) is 2.39. The maximum absolute atomic E-state index is 13.0. The first-order valence-electron chi connectivity index (χ1n) is 8.76. The van der Waals surface area contributed by atoms with Crippen molar-refractivity contribution in [2.24, 2.45) is 0 Å². The highest BCUT2D eigenvalue weighted by Gasteiger charge is 2.38. The Morgan fingerprint density at radius 3 is 2.90 bits per heavy atom. The second kappa shape index (κ2) is 7.36. The fraction of sp³-hybridized carbons (Fsp3) is 0.200. The Kier molecular flexibility index (Phi) is 4.87. The van der Waals surface area contributed by atoms with Gasteiger partial charge >= 0.3 is 12.7 Å². The molecule has 0 fully saturated rings. The van der Waals surface area contributed by atoms with Crippen molar-refractivity contribution in [3.63, 3.8) is 0 Å². The average Bonchev–Trinajstić information content (AvgIpc) is 3.18. The number of carbonyl (C=O) groups is 1. The summed E-state index contributed by atoms with van der Waals surface area (Å²) in [5.74, 6) is 0.490. The number of rotatable bonds is 5. The molecule has 2 atom stereocenters. The zero-order chi connectivity index (χ0) is 20.7. The van der Waals surface area contributed by atoms with Gasteiger partial charge in [0.15, 0.2) is 0 Å². The van der Waals surface area contributed by atoms with E-state index in [1.807, 2.05) is 4.57 Å². The maximum Gasteiger partial charge on any atom is 0.405 e. The van der Waals surface area contributed by atoms with E-state index in [4.69, 9.17) is 16.3 Å². The fourth-order valence-electron chi connectivity index (χ4n) is 3.91. The van der Waals surface area contributed by atoms with Gasteiger partial charge in [-0.25, -0.2) is 9.78 Å². The van der Waals surface area contributed by atoms with Crippen LogP contribution in [0.4, 0.5) is 13.6 Å². The number of aromatic nitrogens is 2. The van der Waals surface area contributed by atoms with Gasteiger partial charge < -0.3 is 19.7 Å². The molecule has 0 radical (unpaired) electrons. The molecule has 1 aliphatic heterocycles. The molecule has 1 aliphatic rings. The molecule has 0 bridgehead atoms. The lowest BCUT2D eigenvalue weighted by atomic mass is 9.96. The summed E-state index contributed by atoms with van der Waals surface area (Å²) in [4.78, 5) is 15.9. The number of halogens is 3. The van der Waals surface area contributed by atoms with E-state index in [2.05, 4.69) is 16.9 Å². The highest BCUT2D eigenvalue weighted by molar-refractivity contribution is 6.31. The van der Waals surface area contributed by atoms with Crippen LogP contribution in [0.5, 0.6) is 5.75 Å². The van der Waals surface area contributed by atoms with Crippen LogP contribution in [-0.2, 0) is 0 Å². The van der Waals surface area contributed by atoms with Gasteiger partial charge in [-0.2, -0.15) is 8.78 Å². The molecule has 1 aromatic heterocycles. The van der Waals surface area contributed by atoms with Crippen molar-refractivity contribution in [1.82, 2.24) is 14.9 Å². The molecule has 0 saturated carbocycles. The van der Waals surface area contributed by atoms with Gasteiger partial charge in [0.2, 0.25) is 0 Å². The van der Waals surface area contributed by atoms with Gasteiger partial charge in [-0.15, -0.1) is 0 Å². The van der Waals surface area contributed by atoms with E-state index in [0.717, 1.165) is 0 Å². The summed E-state index contributed by atoms with van der Waals surface area (Å²) in [6.07, 6.45) is 0.632. The van der Waals surface area contributed by atoms with E-state index in [1.54, 1.807) is 36.4 Å². The zero-order valence-corrected chi connectivity index (χ0v) is 15.7. The molecule has 29 heavy (non-hydrogen) atoms. The topological polar surface area (TPSA) is 76.4 Å². The molecule has 2 heterocycles. The third-order valence-electron chi connectivity index (χ3n) is 4.93. The fourth-order valence-corrected chi connectivity index (χ4v) is 4.07. The molecule has 2 N–H and O–H groups in total. The number of carboxylic acid groups (broad SMARTS) is 1. The maximum atomic E-state index is 13.0. The van der Waals surface area contributed by atoms with Crippen LogP contribution in [0.3, 0.4) is 0 Å². The molecular weight excluding hydrogens is 404 g/mol. The predicted molar refractivity (Wildman–Crippen MR) is 105 cm³/mol. The second-order valence-electron chi connectivity index (χ2n) is 6.57. The number of amides is 1. The minimum atomic E-state index is -3.00. The predicted octanol–water partition coefficient (Wildman–Crippen LogP) is 5.24. The monoisotopic (exact) mass is 419 g/mol. The van der Waals surface area contributed by atoms with Crippen LogP contribution in [0, 0.1) is 0 Å². The van der Waals surface area contributed by atoms with Gasteiger partial charge in [-0.1, -0.05) is 36.4 Å². The highest BCUT2D eigenvalue weighted by Crippen LogP contribution is 2.45. The number of imidazole rings is 1. The Morgan fingerprint density at radius 2 is 2.21 bits per heavy atom. The molecule has 0 saturated heterocycles. The van der Waals surface area contributed by atoms with Crippen LogP contribution >= 0.6 is 11.6 Å². The number of nitrogens with one attached hydrogen (secondary N) is 1. The van der Waals surface area contributed by atoms with Crippen molar-refractivity contribution in [2.75, 3.05) is 0 Å². The first kappa shape index (κ1) is 19.2. The van der Waals surface area contributed by atoms with Gasteiger partial charge in [0.05, 0.1) is 23.1 Å². The van der Waals surface area contributed by atoms with Crippen molar-refractivity contribution in [1.29, 1.82) is 0 Å². The van der Waals surface area contributed by atoms with Crippen molar-refractivity contribution in [3.05, 3.63) is 65.0 Å². The summed E-state index contributed by atoms with van der Waals surface area (Å²) >= 11 is 6.16. The van der Waals surface area contributed by atoms with Crippen LogP contribution < -0.4 is 10.1 Å². The Morgan fingerprint density at radius 1 is 1.41 bits per heavy atom. The van der Waals surface area contributed by atoms with Gasteiger partial charge in [0.25, 0.3) is 0 Å². The SMILES string of the molecule is C=Cc1cccc(OC(F)F)c1[C@H]1C[C@@H](NC(=O)O)c2nc3ccc(Cl)cc3n21. The quantitative estimate of drug-likeness (QED) is 0.593. The summed E-state index contributed by atoms with van der Waals surface area (Å²) in [6, 6.07) is 8.80. The highest BCUT2D eigenvalue weighted by atomic mass is 35.5. The van der Waals surface area contributed by atoms with Crippen LogP contribution in [0.25, 0.3) is 17.1 Å². The largest absolute Gasteiger partial charge is 0.465 e. The van der Waals surface area contributed by atoms with Crippen molar-refractivity contribution in [2.45, 2.75) is 25.1 Å². The Balaban J connectivity index is 1.95. The van der Waals surface area contributed by atoms with E-state index >= 15 is 0 Å². The van der Waals surface area contributed by atoms with Gasteiger partial charge in [-0.05, 0) is 29.8 Å². The summed E-state index contributed by atoms with van der Waals surface area (Å²) in [5, 5.41) is 12.2. The number of nitrogens with zero attached hydrogens (tertiary/aromatic N) is 2. The standard InChI is InChI=1S/C20H16ClF2N3O3/c1-2-10-4-3-5-16(29-19(22)23)17(10)15-9-13(25-20(27)28)18-24-12-7-6-11(21)8-14(12)26(15)18/h2-8,13,15,19,25H,1,9H2,(H,27,28)/t13-,15-/m1/s1. The van der Waals surface area contributed by atoms with E-state index in [0.29, 0.717) is 33.0 Å². The molecule has 6 nitrogen and oxygen atoms in total. The van der Waals surface area contributed by atoms with E-state index < -0.39 is 24.8 Å². The third-order valence-corrected chi connectivity index (χ3v) is 5.16. The molecule has 1 amide bonds. The third kappa shape index (κ3) is 3.40. The first-order chi connectivity index (χ1) is 13.9. The Hall–Kier alpha value is -3.13. The molecule has 9 heteroatoms. The zero-order valence-electron chi connectivity index (χ0n) is 15.0. The van der Waals surface area contributed by atoms with Crippen LogP contribution in [-0.4, -0.2) is 27.4 Å². The van der Waals surface area contributed by atoms with Crippen molar-refractivity contribution >= 4 is 34.8 Å². The van der Waals surface area contributed by atoms with Gasteiger partial charge in [-0.3, -0.25) is 0 Å². The van der Waals surface area contributed by atoms with E-state index in [-0.39, 0.29) is 12.2 Å². The molecule has 2 aromatic carbocycles. The average molecular weight is 420 g/mol. The number of hydrogen-bond donors (Lipinski definition) is 2. The minimum Gasteiger partial charge on any atom is -0.465 e. The number of ether oxygens (including phenoxy) is 1.